The fraction of sp³-hybridized carbons (Fsp3) is 0.176. The van der Waals surface area contributed by atoms with Crippen LogP contribution < -0.4 is 10.6 Å². The Morgan fingerprint density at radius 3 is 1.80 bits per heavy atom. The van der Waals surface area contributed by atoms with Crippen molar-refractivity contribution in [2.75, 3.05) is 0 Å². The molecule has 2 aromatic heterocycles. The minimum atomic E-state index is 0.607. The van der Waals surface area contributed by atoms with Gasteiger partial charge in [-0.15, -0.1) is 0 Å². The highest BCUT2D eigenvalue weighted by Crippen LogP contribution is 2.41. The summed E-state index contributed by atoms with van der Waals surface area (Å²) >= 11 is 26.9. The fourth-order valence-electron chi connectivity index (χ4n) is 5.73. The number of aryl methyl sites for hydroxylation is 2. The summed E-state index contributed by atoms with van der Waals surface area (Å²) in [5.41, 5.74) is 11.8. The summed E-state index contributed by atoms with van der Waals surface area (Å²) in [5, 5.41) is 6.85. The van der Waals surface area contributed by atoms with Gasteiger partial charge in [0.05, 0.1) is 42.5 Å². The molecule has 0 unspecified atom stereocenters. The SMILES string of the molecule is CC1=C(C)Cc2c(-c3c(Cl)cccc3Cl)[nH]c(=C(C)c3[nH]c(-c4c(Cl)cccc4Cl)c4cc(C)c(C)cc34)c2=C1. The molecule has 202 valence electrons. The lowest BCUT2D eigenvalue weighted by atomic mass is 9.92. The van der Waals surface area contributed by atoms with Crippen LogP contribution in [0, 0.1) is 13.8 Å². The molecule has 40 heavy (non-hydrogen) atoms. The summed E-state index contributed by atoms with van der Waals surface area (Å²) in [6.07, 6.45) is 3.09. The van der Waals surface area contributed by atoms with E-state index in [1.165, 1.54) is 27.8 Å². The molecule has 0 spiro atoms. The van der Waals surface area contributed by atoms with Crippen molar-refractivity contribution in [3.05, 3.63) is 113 Å². The Labute approximate surface area is 253 Å². The van der Waals surface area contributed by atoms with E-state index in [9.17, 15) is 0 Å². The maximum atomic E-state index is 6.72. The number of H-pyrrole nitrogens is 2. The van der Waals surface area contributed by atoms with Gasteiger partial charge in [-0.3, -0.25) is 0 Å². The van der Waals surface area contributed by atoms with Gasteiger partial charge in [-0.1, -0.05) is 69.7 Å². The van der Waals surface area contributed by atoms with Crippen molar-refractivity contribution in [3.8, 4) is 22.5 Å². The number of halogens is 4. The molecule has 0 aliphatic heterocycles. The summed E-state index contributed by atoms with van der Waals surface area (Å²) in [4.78, 5) is 7.49. The lowest BCUT2D eigenvalue weighted by molar-refractivity contribution is 1.09. The fourth-order valence-corrected chi connectivity index (χ4v) is 6.90. The number of allylic oxidation sites excluding steroid dienone is 2. The van der Waals surface area contributed by atoms with E-state index in [0.29, 0.717) is 20.1 Å². The molecule has 0 amide bonds. The van der Waals surface area contributed by atoms with Crippen molar-refractivity contribution in [3.63, 3.8) is 0 Å². The summed E-state index contributed by atoms with van der Waals surface area (Å²) in [5.74, 6) is 0. The van der Waals surface area contributed by atoms with Crippen molar-refractivity contribution in [2.24, 2.45) is 0 Å². The predicted molar refractivity (Wildman–Crippen MR) is 173 cm³/mol. The van der Waals surface area contributed by atoms with Crippen molar-refractivity contribution in [1.82, 2.24) is 9.97 Å². The van der Waals surface area contributed by atoms with E-state index >= 15 is 0 Å². The van der Waals surface area contributed by atoms with Gasteiger partial charge in [0.2, 0.25) is 0 Å². The van der Waals surface area contributed by atoms with E-state index in [-0.39, 0.29) is 0 Å². The van der Waals surface area contributed by atoms with Gasteiger partial charge in [0, 0.05) is 27.1 Å². The Bertz CT molecular complexity index is 1980. The lowest BCUT2D eigenvalue weighted by Gasteiger charge is -2.13. The van der Waals surface area contributed by atoms with Crippen molar-refractivity contribution >= 4 is 68.8 Å². The Kier molecular flexibility index (Phi) is 6.95. The molecule has 2 nitrogen and oxygen atoms in total. The number of aromatic nitrogens is 2. The Morgan fingerprint density at radius 1 is 0.700 bits per heavy atom. The van der Waals surface area contributed by atoms with Crippen LogP contribution in [0.1, 0.15) is 43.2 Å². The number of rotatable bonds is 3. The highest BCUT2D eigenvalue weighted by atomic mass is 35.5. The number of aromatic amines is 2. The molecule has 0 saturated carbocycles. The van der Waals surface area contributed by atoms with Crippen molar-refractivity contribution in [2.45, 2.75) is 41.0 Å². The molecule has 2 heterocycles. The molecule has 6 heteroatoms. The zero-order valence-electron chi connectivity index (χ0n) is 22.9. The molecule has 0 fully saturated rings. The molecule has 2 N–H and O–H groups in total. The highest BCUT2D eigenvalue weighted by Gasteiger charge is 2.23. The quantitative estimate of drug-likeness (QED) is 0.205. The van der Waals surface area contributed by atoms with Crippen LogP contribution in [0.3, 0.4) is 0 Å². The molecular weight excluding hydrogens is 578 g/mol. The van der Waals surface area contributed by atoms with E-state index in [4.69, 9.17) is 46.4 Å². The molecule has 0 bridgehead atoms. The average molecular weight is 606 g/mol. The molecule has 0 radical (unpaired) electrons. The minimum absolute atomic E-state index is 0.607. The Hall–Kier alpha value is -2.88. The molecule has 1 aliphatic rings. The summed E-state index contributed by atoms with van der Waals surface area (Å²) in [6.45, 7) is 10.8. The zero-order valence-corrected chi connectivity index (χ0v) is 25.9. The molecule has 0 saturated heterocycles. The van der Waals surface area contributed by atoms with Crippen LogP contribution in [0.2, 0.25) is 20.1 Å². The first-order valence-corrected chi connectivity index (χ1v) is 14.7. The number of benzene rings is 3. The van der Waals surface area contributed by atoms with E-state index in [2.05, 4.69) is 62.8 Å². The van der Waals surface area contributed by atoms with Crippen LogP contribution in [-0.4, -0.2) is 9.97 Å². The standard InChI is InChI=1S/C34H28Cl4N2/c1-16-12-21-23(14-18(16)3)33(29-25(35)8-6-9-26(29)36)39-31(21)20(5)32-22-13-17(2)19(4)15-24(22)34(40-32)30-27(37)10-7-11-28(30)38/h6-14,39-40H,15H2,1-5H3. The first-order chi connectivity index (χ1) is 19.1. The second-order valence-corrected chi connectivity index (χ2v) is 12.4. The van der Waals surface area contributed by atoms with E-state index in [0.717, 1.165) is 61.5 Å². The third-order valence-electron chi connectivity index (χ3n) is 8.22. The topological polar surface area (TPSA) is 31.6 Å². The van der Waals surface area contributed by atoms with E-state index in [1.807, 2.05) is 36.4 Å². The first-order valence-electron chi connectivity index (χ1n) is 13.2. The van der Waals surface area contributed by atoms with Crippen LogP contribution in [0.4, 0.5) is 0 Å². The van der Waals surface area contributed by atoms with Crippen LogP contribution in [0.5, 0.6) is 0 Å². The molecule has 1 aliphatic carbocycles. The van der Waals surface area contributed by atoms with Crippen molar-refractivity contribution < 1.29 is 0 Å². The third kappa shape index (κ3) is 4.33. The largest absolute Gasteiger partial charge is 0.354 e. The Morgan fingerprint density at radius 2 is 1.23 bits per heavy atom. The Balaban J connectivity index is 1.74. The minimum Gasteiger partial charge on any atom is -0.354 e. The summed E-state index contributed by atoms with van der Waals surface area (Å²) in [7, 11) is 0. The molecule has 0 atom stereocenters. The highest BCUT2D eigenvalue weighted by molar-refractivity contribution is 6.40. The van der Waals surface area contributed by atoms with Crippen LogP contribution in [0.25, 0.3) is 44.9 Å². The normalized spacial score (nSPS) is 14.0. The van der Waals surface area contributed by atoms with Crippen LogP contribution in [-0.2, 0) is 6.42 Å². The second-order valence-electron chi connectivity index (χ2n) is 10.7. The molecular formula is C34H28Cl4N2. The predicted octanol–water partition coefficient (Wildman–Crippen LogP) is 9.95. The first kappa shape index (κ1) is 27.3. The van der Waals surface area contributed by atoms with Gasteiger partial charge in [-0.05, 0) is 106 Å². The second kappa shape index (κ2) is 10.2. The molecule has 5 aromatic rings. The number of fused-ring (bicyclic) bond motifs is 2. The van der Waals surface area contributed by atoms with E-state index < -0.39 is 0 Å². The average Bonchev–Trinajstić information content (AvgIpc) is 3.43. The maximum Gasteiger partial charge on any atom is 0.0568 e. The monoisotopic (exact) mass is 604 g/mol. The smallest absolute Gasteiger partial charge is 0.0568 e. The van der Waals surface area contributed by atoms with Gasteiger partial charge >= 0.3 is 0 Å². The number of nitrogens with one attached hydrogen (secondary N) is 2. The summed E-state index contributed by atoms with van der Waals surface area (Å²) in [6, 6.07) is 15.7. The number of hydrogen-bond acceptors (Lipinski definition) is 0. The number of hydrogen-bond donors (Lipinski definition) is 2. The zero-order chi connectivity index (χ0) is 28.5. The van der Waals surface area contributed by atoms with Crippen LogP contribution in [0.15, 0.2) is 59.7 Å². The summed E-state index contributed by atoms with van der Waals surface area (Å²) < 4.78 is 0. The lowest BCUT2D eigenvalue weighted by Crippen LogP contribution is -2.29. The van der Waals surface area contributed by atoms with Gasteiger partial charge < -0.3 is 9.97 Å². The third-order valence-corrected chi connectivity index (χ3v) is 9.48. The molecule has 6 rings (SSSR count). The maximum absolute atomic E-state index is 6.72. The molecule has 3 aromatic carbocycles. The van der Waals surface area contributed by atoms with Crippen molar-refractivity contribution in [1.29, 1.82) is 0 Å². The van der Waals surface area contributed by atoms with E-state index in [1.54, 1.807) is 0 Å². The van der Waals surface area contributed by atoms with Gasteiger partial charge in [-0.2, -0.15) is 0 Å². The van der Waals surface area contributed by atoms with Gasteiger partial charge in [0.15, 0.2) is 0 Å². The van der Waals surface area contributed by atoms with Gasteiger partial charge in [-0.25, -0.2) is 0 Å². The van der Waals surface area contributed by atoms with Gasteiger partial charge in [0.25, 0.3) is 0 Å². The van der Waals surface area contributed by atoms with Crippen LogP contribution >= 0.6 is 46.4 Å². The van der Waals surface area contributed by atoms with Gasteiger partial charge in [0.1, 0.15) is 0 Å².